The van der Waals surface area contributed by atoms with Crippen LogP contribution in [0.2, 0.25) is 0 Å². The third-order valence-corrected chi connectivity index (χ3v) is 3.71. The zero-order chi connectivity index (χ0) is 19.2. The average Bonchev–Trinajstić information content (AvgIpc) is 2.65. The monoisotopic (exact) mass is 363 g/mol. The summed E-state index contributed by atoms with van der Waals surface area (Å²) in [5.41, 5.74) is 0.873. The van der Waals surface area contributed by atoms with Crippen molar-refractivity contribution in [3.63, 3.8) is 0 Å². The van der Waals surface area contributed by atoms with Crippen molar-refractivity contribution in [2.45, 2.75) is 52.2 Å². The van der Waals surface area contributed by atoms with Crippen LogP contribution in [0.4, 0.5) is 4.79 Å². The number of carbonyl (C=O) groups is 3. The predicted octanol–water partition coefficient (Wildman–Crippen LogP) is 2.11. The number of ether oxygens (including phenoxy) is 1. The third kappa shape index (κ3) is 9.66. The molecule has 3 amide bonds. The summed E-state index contributed by atoms with van der Waals surface area (Å²) in [4.78, 5) is 35.3. The van der Waals surface area contributed by atoms with Gasteiger partial charge in [0, 0.05) is 6.54 Å². The maximum Gasteiger partial charge on any atom is 0.325 e. The minimum Gasteiger partial charge on any atom is -0.460 e. The van der Waals surface area contributed by atoms with Gasteiger partial charge in [-0.3, -0.25) is 9.59 Å². The highest BCUT2D eigenvalue weighted by Gasteiger charge is 2.16. The van der Waals surface area contributed by atoms with E-state index >= 15 is 0 Å². The van der Waals surface area contributed by atoms with Crippen molar-refractivity contribution in [3.8, 4) is 0 Å². The zero-order valence-electron chi connectivity index (χ0n) is 15.5. The number of unbranched alkanes of at least 4 members (excludes halogenated alkanes) is 3. The van der Waals surface area contributed by atoms with Crippen molar-refractivity contribution in [3.05, 3.63) is 35.9 Å². The number of nitrogens with one attached hydrogen (secondary N) is 3. The van der Waals surface area contributed by atoms with Crippen LogP contribution in [0.5, 0.6) is 0 Å². The fourth-order valence-corrected chi connectivity index (χ4v) is 2.17. The topological polar surface area (TPSA) is 96.5 Å². The van der Waals surface area contributed by atoms with E-state index in [2.05, 4.69) is 22.9 Å². The molecule has 0 aliphatic heterocycles. The second-order valence-corrected chi connectivity index (χ2v) is 6.05. The van der Waals surface area contributed by atoms with Gasteiger partial charge in [0.1, 0.15) is 19.2 Å². The Labute approximate surface area is 154 Å². The fraction of sp³-hybridized carbons (Fsp3) is 0.526. The molecule has 1 atom stereocenters. The molecule has 0 radical (unpaired) electrons. The van der Waals surface area contributed by atoms with Gasteiger partial charge in [0.05, 0.1) is 0 Å². The van der Waals surface area contributed by atoms with Crippen LogP contribution in [0.3, 0.4) is 0 Å². The smallest absolute Gasteiger partial charge is 0.325 e. The van der Waals surface area contributed by atoms with Gasteiger partial charge in [0.25, 0.3) is 0 Å². The fourth-order valence-electron chi connectivity index (χ4n) is 2.17. The van der Waals surface area contributed by atoms with E-state index < -0.39 is 23.9 Å². The van der Waals surface area contributed by atoms with Gasteiger partial charge in [-0.15, -0.1) is 0 Å². The standard InChI is InChI=1S/C19H29N3O4/c1-3-4-5-9-12-20-19(25)22-15(2)18(24)21-13-17(23)26-14-16-10-7-6-8-11-16/h6-8,10-11,15H,3-5,9,12-14H2,1-2H3,(H,21,24)(H2,20,22,25)/t15-/m0/s1. The predicted molar refractivity (Wildman–Crippen MR) is 99.4 cm³/mol. The lowest BCUT2D eigenvalue weighted by molar-refractivity contribution is -0.145. The summed E-state index contributed by atoms with van der Waals surface area (Å²) in [6, 6.07) is 8.14. The van der Waals surface area contributed by atoms with E-state index in [0.717, 1.165) is 31.2 Å². The first-order chi connectivity index (χ1) is 12.5. The molecule has 1 aromatic rings. The molecule has 0 saturated carbocycles. The minimum absolute atomic E-state index is 0.157. The second kappa shape index (κ2) is 12.7. The van der Waals surface area contributed by atoms with Crippen LogP contribution in [-0.2, 0) is 20.9 Å². The number of esters is 1. The summed E-state index contributed by atoms with van der Waals surface area (Å²) in [7, 11) is 0. The van der Waals surface area contributed by atoms with Crippen molar-refractivity contribution in [1.82, 2.24) is 16.0 Å². The Hall–Kier alpha value is -2.57. The van der Waals surface area contributed by atoms with Crippen molar-refractivity contribution < 1.29 is 19.1 Å². The minimum atomic E-state index is -0.743. The molecule has 144 valence electrons. The van der Waals surface area contributed by atoms with Gasteiger partial charge in [0.15, 0.2) is 0 Å². The lowest BCUT2D eigenvalue weighted by Crippen LogP contribution is -2.49. The highest BCUT2D eigenvalue weighted by atomic mass is 16.5. The molecule has 0 aromatic heterocycles. The van der Waals surface area contributed by atoms with Crippen LogP contribution in [0, 0.1) is 0 Å². The molecule has 0 fully saturated rings. The van der Waals surface area contributed by atoms with Gasteiger partial charge < -0.3 is 20.7 Å². The van der Waals surface area contributed by atoms with E-state index in [1.54, 1.807) is 6.92 Å². The van der Waals surface area contributed by atoms with Crippen LogP contribution in [0.15, 0.2) is 30.3 Å². The molecule has 0 bridgehead atoms. The number of urea groups is 1. The van der Waals surface area contributed by atoms with E-state index in [1.807, 2.05) is 30.3 Å². The molecule has 7 heteroatoms. The molecule has 26 heavy (non-hydrogen) atoms. The number of hydrogen-bond acceptors (Lipinski definition) is 4. The Bertz CT molecular complexity index is 563. The van der Waals surface area contributed by atoms with Crippen LogP contribution in [-0.4, -0.2) is 37.0 Å². The summed E-state index contributed by atoms with van der Waals surface area (Å²) in [5, 5.41) is 7.70. The number of hydrogen-bond donors (Lipinski definition) is 3. The molecule has 3 N–H and O–H groups in total. The second-order valence-electron chi connectivity index (χ2n) is 6.05. The molecule has 1 rings (SSSR count). The normalized spacial score (nSPS) is 11.3. The molecule has 7 nitrogen and oxygen atoms in total. The summed E-state index contributed by atoms with van der Waals surface area (Å²) in [5.74, 6) is -0.974. The molecule has 0 unspecified atom stereocenters. The number of rotatable bonds is 11. The number of carbonyl (C=O) groups excluding carboxylic acids is 3. The van der Waals surface area contributed by atoms with E-state index in [-0.39, 0.29) is 13.2 Å². The summed E-state index contributed by atoms with van der Waals surface area (Å²) >= 11 is 0. The van der Waals surface area contributed by atoms with Gasteiger partial charge >= 0.3 is 12.0 Å². The Morgan fingerprint density at radius 3 is 2.46 bits per heavy atom. The lowest BCUT2D eigenvalue weighted by Gasteiger charge is -2.14. The Kier molecular flexibility index (Phi) is 10.5. The van der Waals surface area contributed by atoms with Crippen LogP contribution < -0.4 is 16.0 Å². The molecular weight excluding hydrogens is 334 g/mol. The quantitative estimate of drug-likeness (QED) is 0.414. The SMILES string of the molecule is CCCCCCNC(=O)N[C@@H](C)C(=O)NCC(=O)OCc1ccccc1. The van der Waals surface area contributed by atoms with Crippen LogP contribution in [0.25, 0.3) is 0 Å². The highest BCUT2D eigenvalue weighted by molar-refractivity contribution is 5.88. The highest BCUT2D eigenvalue weighted by Crippen LogP contribution is 2.00. The molecular formula is C19H29N3O4. The maximum absolute atomic E-state index is 11.9. The Morgan fingerprint density at radius 1 is 1.04 bits per heavy atom. The Balaban J connectivity index is 2.16. The number of benzene rings is 1. The third-order valence-electron chi connectivity index (χ3n) is 3.71. The largest absolute Gasteiger partial charge is 0.460 e. The average molecular weight is 363 g/mol. The van der Waals surface area contributed by atoms with Crippen LogP contribution >= 0.6 is 0 Å². The first-order valence-corrected chi connectivity index (χ1v) is 9.04. The van der Waals surface area contributed by atoms with Crippen molar-refractivity contribution >= 4 is 17.9 Å². The summed E-state index contributed by atoms with van der Waals surface area (Å²) in [6.45, 7) is 4.17. The first kappa shape index (κ1) is 21.5. The zero-order valence-corrected chi connectivity index (χ0v) is 15.5. The molecule has 0 aliphatic rings. The van der Waals surface area contributed by atoms with Crippen molar-refractivity contribution in [1.29, 1.82) is 0 Å². The van der Waals surface area contributed by atoms with Gasteiger partial charge in [-0.1, -0.05) is 56.5 Å². The lowest BCUT2D eigenvalue weighted by atomic mass is 10.2. The van der Waals surface area contributed by atoms with E-state index in [1.165, 1.54) is 0 Å². The van der Waals surface area contributed by atoms with E-state index in [4.69, 9.17) is 4.74 Å². The molecule has 0 aliphatic carbocycles. The molecule has 1 aromatic carbocycles. The molecule has 0 saturated heterocycles. The van der Waals surface area contributed by atoms with E-state index in [0.29, 0.717) is 6.54 Å². The van der Waals surface area contributed by atoms with Gasteiger partial charge in [-0.2, -0.15) is 0 Å². The van der Waals surface area contributed by atoms with Gasteiger partial charge in [0.2, 0.25) is 5.91 Å². The first-order valence-electron chi connectivity index (χ1n) is 9.04. The van der Waals surface area contributed by atoms with E-state index in [9.17, 15) is 14.4 Å². The molecule has 0 spiro atoms. The van der Waals surface area contributed by atoms with Gasteiger partial charge in [-0.05, 0) is 18.9 Å². The van der Waals surface area contributed by atoms with Crippen molar-refractivity contribution in [2.75, 3.05) is 13.1 Å². The van der Waals surface area contributed by atoms with Crippen molar-refractivity contribution in [2.24, 2.45) is 0 Å². The number of amides is 3. The van der Waals surface area contributed by atoms with Gasteiger partial charge in [-0.25, -0.2) is 4.79 Å². The van der Waals surface area contributed by atoms with Crippen LogP contribution in [0.1, 0.15) is 45.1 Å². The maximum atomic E-state index is 11.9. The Morgan fingerprint density at radius 2 is 1.77 bits per heavy atom. The summed E-state index contributed by atoms with van der Waals surface area (Å²) in [6.07, 6.45) is 4.26. The molecule has 0 heterocycles. The summed E-state index contributed by atoms with van der Waals surface area (Å²) < 4.78 is 5.07.